The molecule has 3 rings (SSSR count). The predicted molar refractivity (Wildman–Crippen MR) is 109 cm³/mol. The maximum atomic E-state index is 12.5. The average Bonchev–Trinajstić information content (AvgIpc) is 3.11. The first-order valence-corrected chi connectivity index (χ1v) is 9.83. The topological polar surface area (TPSA) is 111 Å². The van der Waals surface area contributed by atoms with Crippen LogP contribution < -0.4 is 5.32 Å². The normalized spacial score (nSPS) is 11.8. The summed E-state index contributed by atoms with van der Waals surface area (Å²) in [5.41, 5.74) is 1.86. The summed E-state index contributed by atoms with van der Waals surface area (Å²) in [5.74, 6) is 0.0800. The summed E-state index contributed by atoms with van der Waals surface area (Å²) in [6.07, 6.45) is 0. The Morgan fingerprint density at radius 3 is 2.71 bits per heavy atom. The molecule has 0 radical (unpaired) electrons. The lowest BCUT2D eigenvalue weighted by atomic mass is 10.2. The van der Waals surface area contributed by atoms with Crippen LogP contribution in [0.2, 0.25) is 0 Å². The number of aryl methyl sites for hydroxylation is 1. The summed E-state index contributed by atoms with van der Waals surface area (Å²) in [5, 5.41) is 21.3. The number of rotatable bonds is 6. The molecule has 0 spiro atoms. The summed E-state index contributed by atoms with van der Waals surface area (Å²) in [6.45, 7) is 3.41. The number of nitro groups is 1. The Kier molecular flexibility index (Phi) is 6.10. The minimum Gasteiger partial charge on any atom is -0.411 e. The number of nitro benzene ring substituents is 1. The van der Waals surface area contributed by atoms with Crippen LogP contribution in [0, 0.1) is 17.0 Å². The molecule has 28 heavy (non-hydrogen) atoms. The van der Waals surface area contributed by atoms with Crippen molar-refractivity contribution < 1.29 is 14.1 Å². The molecule has 0 saturated heterocycles. The van der Waals surface area contributed by atoms with E-state index in [1.54, 1.807) is 13.8 Å². The van der Waals surface area contributed by atoms with E-state index < -0.39 is 10.2 Å². The number of carbonyl (C=O) groups excluding carboxylic acids is 1. The number of amides is 1. The van der Waals surface area contributed by atoms with Gasteiger partial charge in [0.15, 0.2) is 0 Å². The molecule has 0 aliphatic rings. The number of nitrogens with zero attached hydrogens (tertiary/aromatic N) is 3. The van der Waals surface area contributed by atoms with Crippen molar-refractivity contribution in [1.29, 1.82) is 0 Å². The van der Waals surface area contributed by atoms with E-state index in [-0.39, 0.29) is 16.8 Å². The smallest absolute Gasteiger partial charge is 0.277 e. The van der Waals surface area contributed by atoms with E-state index in [9.17, 15) is 14.9 Å². The molecule has 0 unspecified atom stereocenters. The second-order valence-corrected chi connectivity index (χ2v) is 8.01. The van der Waals surface area contributed by atoms with Gasteiger partial charge in [0.2, 0.25) is 11.8 Å². The molecule has 0 fully saturated rings. The molecule has 1 amide bonds. The highest BCUT2D eigenvalue weighted by molar-refractivity contribution is 9.10. The predicted octanol–water partition coefficient (Wildman–Crippen LogP) is 4.84. The number of hydrogen-bond donors (Lipinski definition) is 1. The van der Waals surface area contributed by atoms with Gasteiger partial charge in [-0.3, -0.25) is 14.9 Å². The first-order chi connectivity index (χ1) is 13.3. The minimum atomic E-state index is -0.512. The first-order valence-electron chi connectivity index (χ1n) is 8.16. The minimum absolute atomic E-state index is 0.0246. The van der Waals surface area contributed by atoms with Gasteiger partial charge in [-0.25, -0.2) is 0 Å². The summed E-state index contributed by atoms with van der Waals surface area (Å²) < 4.78 is 6.47. The molecule has 144 valence electrons. The van der Waals surface area contributed by atoms with Crippen LogP contribution in [0.5, 0.6) is 0 Å². The molecule has 0 saturated carbocycles. The quantitative estimate of drug-likeness (QED) is 0.317. The lowest BCUT2D eigenvalue weighted by Gasteiger charge is -2.11. The number of benzene rings is 2. The zero-order valence-corrected chi connectivity index (χ0v) is 17.3. The summed E-state index contributed by atoms with van der Waals surface area (Å²) in [4.78, 5) is 22.8. The van der Waals surface area contributed by atoms with Gasteiger partial charge in [-0.15, -0.1) is 10.2 Å². The van der Waals surface area contributed by atoms with Gasteiger partial charge in [0.05, 0.1) is 15.7 Å². The monoisotopic (exact) mass is 462 g/mol. The Morgan fingerprint density at radius 2 is 2.04 bits per heavy atom. The van der Waals surface area contributed by atoms with Gasteiger partial charge in [-0.1, -0.05) is 23.9 Å². The zero-order valence-electron chi connectivity index (χ0n) is 14.9. The molecule has 1 aromatic heterocycles. The van der Waals surface area contributed by atoms with Crippen LogP contribution in [0.25, 0.3) is 11.5 Å². The highest BCUT2D eigenvalue weighted by Gasteiger charge is 2.20. The molecule has 2 aromatic carbocycles. The molecule has 10 heteroatoms. The second kappa shape index (κ2) is 8.53. The van der Waals surface area contributed by atoms with Gasteiger partial charge in [0.25, 0.3) is 10.9 Å². The zero-order chi connectivity index (χ0) is 20.3. The largest absolute Gasteiger partial charge is 0.411 e. The number of nitrogens with one attached hydrogen (secondary N) is 1. The Hall–Kier alpha value is -2.72. The lowest BCUT2D eigenvalue weighted by molar-refractivity contribution is -0.384. The summed E-state index contributed by atoms with van der Waals surface area (Å²) >= 11 is 4.56. The number of non-ortho nitro benzene ring substituents is 1. The van der Waals surface area contributed by atoms with Crippen molar-refractivity contribution in [2.75, 3.05) is 5.32 Å². The molecular weight excluding hydrogens is 448 g/mol. The number of anilines is 1. The SMILES string of the molecule is Cc1cc([N+](=O)[O-])ccc1NC(=O)[C@@H](C)Sc1nnc(-c2ccccc2Br)o1. The summed E-state index contributed by atoms with van der Waals surface area (Å²) in [7, 11) is 0. The standard InChI is InChI=1S/C18H15BrN4O4S/c1-10-9-12(23(25)26)7-8-15(10)20-16(24)11(2)28-18-22-21-17(27-18)13-5-3-4-6-14(13)19/h3-9,11H,1-2H3,(H,20,24)/t11-/m1/s1. The van der Waals surface area contributed by atoms with Crippen LogP contribution in [0.4, 0.5) is 11.4 Å². The van der Waals surface area contributed by atoms with Crippen molar-refractivity contribution in [2.45, 2.75) is 24.3 Å². The Bertz CT molecular complexity index is 1040. The lowest BCUT2D eigenvalue weighted by Crippen LogP contribution is -2.22. The molecule has 1 N–H and O–H groups in total. The van der Waals surface area contributed by atoms with E-state index in [1.807, 2.05) is 24.3 Å². The molecule has 8 nitrogen and oxygen atoms in total. The molecule has 0 aliphatic heterocycles. The molecule has 1 atom stereocenters. The average molecular weight is 463 g/mol. The molecule has 0 aliphatic carbocycles. The Balaban J connectivity index is 1.67. The van der Waals surface area contributed by atoms with Crippen molar-refractivity contribution in [3.05, 3.63) is 62.6 Å². The number of hydrogen-bond acceptors (Lipinski definition) is 7. The Morgan fingerprint density at radius 1 is 1.29 bits per heavy atom. The van der Waals surface area contributed by atoms with Crippen LogP contribution in [0.3, 0.4) is 0 Å². The van der Waals surface area contributed by atoms with Crippen LogP contribution >= 0.6 is 27.7 Å². The number of thioether (sulfide) groups is 1. The maximum absolute atomic E-state index is 12.5. The third kappa shape index (κ3) is 4.57. The number of halogens is 1. The first kappa shape index (κ1) is 20.0. The third-order valence-corrected chi connectivity index (χ3v) is 5.46. The highest BCUT2D eigenvalue weighted by Crippen LogP contribution is 2.31. The van der Waals surface area contributed by atoms with Crippen molar-refractivity contribution >= 4 is 45.0 Å². The van der Waals surface area contributed by atoms with E-state index >= 15 is 0 Å². The van der Waals surface area contributed by atoms with Gasteiger partial charge in [-0.05, 0) is 53.5 Å². The maximum Gasteiger partial charge on any atom is 0.277 e. The van der Waals surface area contributed by atoms with E-state index in [2.05, 4.69) is 31.4 Å². The van der Waals surface area contributed by atoms with Crippen molar-refractivity contribution in [3.8, 4) is 11.5 Å². The van der Waals surface area contributed by atoms with Crippen molar-refractivity contribution in [3.63, 3.8) is 0 Å². The van der Waals surface area contributed by atoms with E-state index in [0.717, 1.165) is 21.8 Å². The summed E-state index contributed by atoms with van der Waals surface area (Å²) in [6, 6.07) is 11.7. The second-order valence-electron chi connectivity index (χ2n) is 5.86. The van der Waals surface area contributed by atoms with Gasteiger partial charge in [0.1, 0.15) is 0 Å². The van der Waals surface area contributed by atoms with Crippen LogP contribution in [0.1, 0.15) is 12.5 Å². The third-order valence-electron chi connectivity index (χ3n) is 3.84. The van der Waals surface area contributed by atoms with Crippen LogP contribution in [0.15, 0.2) is 56.6 Å². The number of aromatic nitrogens is 2. The fourth-order valence-corrected chi connectivity index (χ4v) is 3.48. The van der Waals surface area contributed by atoms with E-state index in [4.69, 9.17) is 4.42 Å². The molecule has 3 aromatic rings. The van der Waals surface area contributed by atoms with E-state index in [1.165, 1.54) is 18.2 Å². The fourth-order valence-electron chi connectivity index (χ4n) is 2.34. The van der Waals surface area contributed by atoms with Crippen molar-refractivity contribution in [1.82, 2.24) is 10.2 Å². The van der Waals surface area contributed by atoms with Gasteiger partial charge >= 0.3 is 0 Å². The molecular formula is C18H15BrN4O4S. The van der Waals surface area contributed by atoms with Crippen molar-refractivity contribution in [2.24, 2.45) is 0 Å². The molecule has 1 heterocycles. The Labute approximate surface area is 173 Å². The van der Waals surface area contributed by atoms with Gasteiger partial charge in [-0.2, -0.15) is 0 Å². The van der Waals surface area contributed by atoms with Crippen LogP contribution in [-0.4, -0.2) is 26.3 Å². The number of carbonyl (C=O) groups is 1. The fraction of sp³-hybridized carbons (Fsp3) is 0.167. The highest BCUT2D eigenvalue weighted by atomic mass is 79.9. The van der Waals surface area contributed by atoms with E-state index in [0.29, 0.717) is 17.1 Å². The van der Waals surface area contributed by atoms with Gasteiger partial charge in [0, 0.05) is 22.3 Å². The molecule has 0 bridgehead atoms. The van der Waals surface area contributed by atoms with Gasteiger partial charge < -0.3 is 9.73 Å². The van der Waals surface area contributed by atoms with Crippen LogP contribution in [-0.2, 0) is 4.79 Å².